The van der Waals surface area contributed by atoms with Crippen LogP contribution in [0.5, 0.6) is 11.5 Å². The van der Waals surface area contributed by atoms with Gasteiger partial charge in [0.05, 0.1) is 37.6 Å². The molecule has 0 aliphatic carbocycles. The van der Waals surface area contributed by atoms with Crippen LogP contribution in [0, 0.1) is 5.82 Å². The van der Waals surface area contributed by atoms with Gasteiger partial charge in [0.25, 0.3) is 5.91 Å². The Labute approximate surface area is 199 Å². The first-order chi connectivity index (χ1) is 16.5. The summed E-state index contributed by atoms with van der Waals surface area (Å²) in [6.07, 6.45) is -5.12. The van der Waals surface area contributed by atoms with Crippen molar-refractivity contribution in [2.75, 3.05) is 32.3 Å². The second-order valence-electron chi connectivity index (χ2n) is 7.99. The Morgan fingerprint density at radius 2 is 1.80 bits per heavy atom. The van der Waals surface area contributed by atoms with Gasteiger partial charge in [-0.05, 0) is 44.0 Å². The number of nitrogens with one attached hydrogen (secondary N) is 1. The van der Waals surface area contributed by atoms with Crippen molar-refractivity contribution in [1.29, 1.82) is 0 Å². The van der Waals surface area contributed by atoms with Gasteiger partial charge in [0.2, 0.25) is 0 Å². The van der Waals surface area contributed by atoms with Crippen LogP contribution in [0.2, 0.25) is 0 Å². The molecule has 0 fully saturated rings. The summed E-state index contributed by atoms with van der Waals surface area (Å²) >= 11 is 0. The summed E-state index contributed by atoms with van der Waals surface area (Å²) in [6.45, 7) is 3.52. The molecule has 1 aliphatic rings. The number of amides is 2. The third kappa shape index (κ3) is 5.28. The number of halogens is 4. The number of anilines is 1. The highest BCUT2D eigenvalue weighted by atomic mass is 19.4. The fourth-order valence-corrected chi connectivity index (χ4v) is 4.26. The van der Waals surface area contributed by atoms with Gasteiger partial charge in [-0.15, -0.1) is 0 Å². The number of methoxy groups -OCH3 is 2. The molecule has 0 saturated heterocycles. The topological polar surface area (TPSA) is 77.1 Å². The molecule has 0 radical (unpaired) electrons. The SMILES string of the molecule is CCOC(=O)N1c2cc(OC)c(OC)cc2C(CNC(=O)c2c(F)cccc2C(F)(F)F)CC1C. The number of carbonyl (C=O) groups is 2. The van der Waals surface area contributed by atoms with E-state index in [-0.39, 0.29) is 19.2 Å². The molecule has 35 heavy (non-hydrogen) atoms. The second-order valence-corrected chi connectivity index (χ2v) is 7.99. The fraction of sp³-hybridized carbons (Fsp3) is 0.417. The van der Waals surface area contributed by atoms with Crippen molar-refractivity contribution in [2.24, 2.45) is 0 Å². The van der Waals surface area contributed by atoms with E-state index in [9.17, 15) is 27.2 Å². The lowest BCUT2D eigenvalue weighted by molar-refractivity contribution is -0.138. The molecule has 0 spiro atoms. The van der Waals surface area contributed by atoms with Gasteiger partial charge >= 0.3 is 12.3 Å². The summed E-state index contributed by atoms with van der Waals surface area (Å²) in [5, 5.41) is 2.43. The van der Waals surface area contributed by atoms with Crippen LogP contribution in [0.4, 0.5) is 28.0 Å². The molecule has 0 aromatic heterocycles. The average molecular weight is 498 g/mol. The molecule has 1 N–H and O–H groups in total. The standard InChI is InChI=1S/C24H26F4N2O5/c1-5-35-23(32)30-13(2)9-14(15-10-19(33-3)20(34-4)11-18(15)30)12-29-22(31)21-16(24(26,27)28)7-6-8-17(21)25/h6-8,10-11,13-14H,5,9,12H2,1-4H3,(H,29,31). The van der Waals surface area contributed by atoms with Gasteiger partial charge in [0.1, 0.15) is 5.82 Å². The minimum absolute atomic E-state index is 0.103. The number of nitrogens with zero attached hydrogens (tertiary/aromatic N) is 1. The zero-order chi connectivity index (χ0) is 25.9. The Balaban J connectivity index is 1.96. The minimum Gasteiger partial charge on any atom is -0.493 e. The molecule has 2 unspecified atom stereocenters. The Morgan fingerprint density at radius 3 is 2.40 bits per heavy atom. The van der Waals surface area contributed by atoms with Crippen molar-refractivity contribution in [3.05, 3.63) is 52.8 Å². The number of benzene rings is 2. The molecule has 0 saturated carbocycles. The molecule has 3 rings (SSSR count). The van der Waals surface area contributed by atoms with Crippen molar-refractivity contribution in [3.63, 3.8) is 0 Å². The summed E-state index contributed by atoms with van der Waals surface area (Å²) < 4.78 is 70.2. The quantitative estimate of drug-likeness (QED) is 0.559. The van der Waals surface area contributed by atoms with Crippen LogP contribution in [0.3, 0.4) is 0 Å². The normalized spacial score (nSPS) is 17.4. The molecule has 0 bridgehead atoms. The highest BCUT2D eigenvalue weighted by molar-refractivity contribution is 5.96. The molecule has 190 valence electrons. The number of carbonyl (C=O) groups excluding carboxylic acids is 2. The lowest BCUT2D eigenvalue weighted by Gasteiger charge is -2.39. The number of fused-ring (bicyclic) bond motifs is 1. The Morgan fingerprint density at radius 1 is 1.14 bits per heavy atom. The zero-order valence-electron chi connectivity index (χ0n) is 19.7. The van der Waals surface area contributed by atoms with Crippen LogP contribution in [-0.2, 0) is 10.9 Å². The number of ether oxygens (including phenoxy) is 3. The summed E-state index contributed by atoms with van der Waals surface area (Å²) in [7, 11) is 2.88. The second kappa shape index (κ2) is 10.4. The fourth-order valence-electron chi connectivity index (χ4n) is 4.26. The maximum Gasteiger partial charge on any atom is 0.417 e. The first-order valence-electron chi connectivity index (χ1n) is 10.9. The van der Waals surface area contributed by atoms with Gasteiger partial charge in [-0.25, -0.2) is 9.18 Å². The summed E-state index contributed by atoms with van der Waals surface area (Å²) in [5.41, 5.74) is -1.36. The van der Waals surface area contributed by atoms with Crippen molar-refractivity contribution in [2.45, 2.75) is 38.4 Å². The zero-order valence-corrected chi connectivity index (χ0v) is 19.7. The number of hydrogen-bond donors (Lipinski definition) is 1. The maximum atomic E-state index is 14.2. The van der Waals surface area contributed by atoms with Crippen LogP contribution in [0.15, 0.2) is 30.3 Å². The van der Waals surface area contributed by atoms with Crippen molar-refractivity contribution in [3.8, 4) is 11.5 Å². The van der Waals surface area contributed by atoms with E-state index >= 15 is 0 Å². The molecular formula is C24H26F4N2O5. The number of alkyl halides is 3. The molecule has 1 aliphatic heterocycles. The smallest absolute Gasteiger partial charge is 0.417 e. The average Bonchev–Trinajstić information content (AvgIpc) is 2.80. The Bertz CT molecular complexity index is 1110. The summed E-state index contributed by atoms with van der Waals surface area (Å²) in [5.74, 6) is -2.14. The van der Waals surface area contributed by atoms with Crippen LogP contribution in [-0.4, -0.2) is 45.4 Å². The van der Waals surface area contributed by atoms with Crippen molar-refractivity contribution < 1.29 is 41.4 Å². The lowest BCUT2D eigenvalue weighted by atomic mass is 9.85. The molecule has 1 heterocycles. The molecule has 11 heteroatoms. The summed E-state index contributed by atoms with van der Waals surface area (Å²) in [4.78, 5) is 26.8. The van der Waals surface area contributed by atoms with Crippen molar-refractivity contribution in [1.82, 2.24) is 5.32 Å². The molecule has 7 nitrogen and oxygen atoms in total. The van der Waals surface area contributed by atoms with E-state index in [0.717, 1.165) is 12.1 Å². The van der Waals surface area contributed by atoms with Crippen LogP contribution in [0.1, 0.15) is 47.7 Å². The van der Waals surface area contributed by atoms with Gasteiger partial charge in [-0.2, -0.15) is 13.2 Å². The van der Waals surface area contributed by atoms with E-state index in [1.165, 1.54) is 19.1 Å². The third-order valence-corrected chi connectivity index (χ3v) is 5.82. The van der Waals surface area contributed by atoms with E-state index in [0.29, 0.717) is 35.2 Å². The largest absolute Gasteiger partial charge is 0.493 e. The number of rotatable bonds is 6. The summed E-state index contributed by atoms with van der Waals surface area (Å²) in [6, 6.07) is 5.24. The van der Waals surface area contributed by atoms with Gasteiger partial charge in [-0.1, -0.05) is 6.07 Å². The number of hydrogen-bond acceptors (Lipinski definition) is 5. The van der Waals surface area contributed by atoms with E-state index in [1.807, 2.05) is 0 Å². The Kier molecular flexibility index (Phi) is 7.76. The van der Waals surface area contributed by atoms with Crippen LogP contribution in [0.25, 0.3) is 0 Å². The molecule has 2 amide bonds. The van der Waals surface area contributed by atoms with Crippen LogP contribution < -0.4 is 19.7 Å². The van der Waals surface area contributed by atoms with Gasteiger partial charge in [0.15, 0.2) is 11.5 Å². The minimum atomic E-state index is -4.90. The molecule has 2 aromatic rings. The lowest BCUT2D eigenvalue weighted by Crippen LogP contribution is -2.45. The predicted octanol–water partition coefficient (Wildman–Crippen LogP) is 5.13. The van der Waals surface area contributed by atoms with E-state index in [2.05, 4.69) is 5.32 Å². The molecule has 2 atom stereocenters. The third-order valence-electron chi connectivity index (χ3n) is 5.82. The molecular weight excluding hydrogens is 472 g/mol. The van der Waals surface area contributed by atoms with E-state index in [1.54, 1.807) is 26.0 Å². The van der Waals surface area contributed by atoms with Crippen LogP contribution >= 0.6 is 0 Å². The maximum absolute atomic E-state index is 14.2. The highest BCUT2D eigenvalue weighted by Crippen LogP contribution is 2.44. The van der Waals surface area contributed by atoms with Gasteiger partial charge < -0.3 is 19.5 Å². The first kappa shape index (κ1) is 26.1. The predicted molar refractivity (Wildman–Crippen MR) is 120 cm³/mol. The molecule has 2 aromatic carbocycles. The van der Waals surface area contributed by atoms with Gasteiger partial charge in [0, 0.05) is 24.6 Å². The van der Waals surface area contributed by atoms with Gasteiger partial charge in [-0.3, -0.25) is 9.69 Å². The van der Waals surface area contributed by atoms with E-state index in [4.69, 9.17) is 14.2 Å². The monoisotopic (exact) mass is 498 g/mol. The van der Waals surface area contributed by atoms with E-state index < -0.39 is 41.0 Å². The first-order valence-corrected chi connectivity index (χ1v) is 10.9. The Hall–Kier alpha value is -3.50. The highest BCUT2D eigenvalue weighted by Gasteiger charge is 2.38. The van der Waals surface area contributed by atoms with Crippen molar-refractivity contribution >= 4 is 17.7 Å².